The van der Waals surface area contributed by atoms with Gasteiger partial charge in [-0.05, 0) is 17.3 Å². The molecule has 1 aliphatic rings. The lowest BCUT2D eigenvalue weighted by molar-refractivity contribution is 0.00305. The molecule has 1 atom stereocenters. The Kier molecular flexibility index (Phi) is 3.43. The van der Waals surface area contributed by atoms with E-state index in [1.165, 1.54) is 0 Å². The van der Waals surface area contributed by atoms with Gasteiger partial charge in [-0.3, -0.25) is 0 Å². The van der Waals surface area contributed by atoms with Crippen molar-refractivity contribution in [3.8, 4) is 11.5 Å². The molecule has 0 spiro atoms. The van der Waals surface area contributed by atoms with Crippen molar-refractivity contribution in [3.05, 3.63) is 30.3 Å². The predicted molar refractivity (Wildman–Crippen MR) is 68.8 cm³/mol. The molecular formula is C13H15N3O3. The maximum Gasteiger partial charge on any atom is 0.266 e. The number of aromatic nitrogens is 2. The molecule has 1 fully saturated rings. The molecule has 0 saturated carbocycles. The molecule has 6 nitrogen and oxygen atoms in total. The van der Waals surface area contributed by atoms with Crippen molar-refractivity contribution < 1.29 is 14.4 Å². The standard InChI is InChI=1S/C13H15N3O3/c17-9-11-8-16(6-7-18-11)13-14-12(19-15-13)10-4-2-1-3-5-10/h1-5,11,17H,6-9H2. The molecular weight excluding hydrogens is 246 g/mol. The molecule has 1 aromatic carbocycles. The van der Waals surface area contributed by atoms with Crippen LogP contribution in [0.3, 0.4) is 0 Å². The molecule has 1 N–H and O–H groups in total. The number of aliphatic hydroxyl groups excluding tert-OH is 1. The van der Waals surface area contributed by atoms with Gasteiger partial charge in [0.25, 0.3) is 11.8 Å². The van der Waals surface area contributed by atoms with Crippen LogP contribution in [-0.4, -0.2) is 47.7 Å². The summed E-state index contributed by atoms with van der Waals surface area (Å²) in [5.74, 6) is 1.04. The molecule has 3 rings (SSSR count). The monoisotopic (exact) mass is 261 g/mol. The van der Waals surface area contributed by atoms with Gasteiger partial charge in [0.1, 0.15) is 0 Å². The summed E-state index contributed by atoms with van der Waals surface area (Å²) in [6.07, 6.45) is -0.188. The third-order valence-corrected chi connectivity index (χ3v) is 3.06. The van der Waals surface area contributed by atoms with Gasteiger partial charge in [-0.25, -0.2) is 0 Å². The molecule has 6 heteroatoms. The second-order valence-electron chi connectivity index (χ2n) is 4.39. The zero-order chi connectivity index (χ0) is 13.1. The van der Waals surface area contributed by atoms with Crippen molar-refractivity contribution in [2.45, 2.75) is 6.10 Å². The van der Waals surface area contributed by atoms with Gasteiger partial charge in [-0.2, -0.15) is 4.98 Å². The molecule has 1 aromatic heterocycles. The highest BCUT2D eigenvalue weighted by Gasteiger charge is 2.23. The van der Waals surface area contributed by atoms with Crippen LogP contribution in [-0.2, 0) is 4.74 Å². The highest BCUT2D eigenvalue weighted by molar-refractivity contribution is 5.54. The van der Waals surface area contributed by atoms with Gasteiger partial charge >= 0.3 is 0 Å². The Hall–Kier alpha value is -1.92. The SMILES string of the molecule is OCC1CN(c2noc(-c3ccccc3)n2)CCO1. The van der Waals surface area contributed by atoms with Crippen molar-refractivity contribution in [2.24, 2.45) is 0 Å². The molecule has 2 aromatic rings. The summed E-state index contributed by atoms with van der Waals surface area (Å²) in [5.41, 5.74) is 0.896. The Morgan fingerprint density at radius 3 is 2.95 bits per heavy atom. The number of hydrogen-bond acceptors (Lipinski definition) is 6. The van der Waals surface area contributed by atoms with E-state index in [0.717, 1.165) is 5.56 Å². The summed E-state index contributed by atoms with van der Waals surface area (Å²) in [4.78, 5) is 6.34. The van der Waals surface area contributed by atoms with Crippen molar-refractivity contribution >= 4 is 5.95 Å². The largest absolute Gasteiger partial charge is 0.394 e. The van der Waals surface area contributed by atoms with E-state index in [1.807, 2.05) is 35.2 Å². The van der Waals surface area contributed by atoms with E-state index in [9.17, 15) is 0 Å². The van der Waals surface area contributed by atoms with Crippen molar-refractivity contribution in [3.63, 3.8) is 0 Å². The van der Waals surface area contributed by atoms with E-state index >= 15 is 0 Å². The van der Waals surface area contributed by atoms with Crippen LogP contribution in [0.5, 0.6) is 0 Å². The van der Waals surface area contributed by atoms with Crippen LogP contribution in [0.4, 0.5) is 5.95 Å². The fourth-order valence-corrected chi connectivity index (χ4v) is 2.05. The van der Waals surface area contributed by atoms with Gasteiger partial charge in [-0.15, -0.1) is 0 Å². The minimum Gasteiger partial charge on any atom is -0.394 e. The number of aliphatic hydroxyl groups is 1. The molecule has 100 valence electrons. The van der Waals surface area contributed by atoms with Gasteiger partial charge < -0.3 is 19.3 Å². The molecule has 19 heavy (non-hydrogen) atoms. The van der Waals surface area contributed by atoms with E-state index in [1.54, 1.807) is 0 Å². The van der Waals surface area contributed by atoms with E-state index in [0.29, 0.717) is 31.5 Å². The summed E-state index contributed by atoms with van der Waals surface area (Å²) >= 11 is 0. The molecule has 0 aliphatic carbocycles. The first-order valence-corrected chi connectivity index (χ1v) is 6.23. The van der Waals surface area contributed by atoms with E-state index < -0.39 is 0 Å². The highest BCUT2D eigenvalue weighted by atomic mass is 16.5. The molecule has 0 bridgehead atoms. The topological polar surface area (TPSA) is 71.6 Å². The molecule has 0 radical (unpaired) electrons. The zero-order valence-corrected chi connectivity index (χ0v) is 10.4. The molecule has 1 saturated heterocycles. The van der Waals surface area contributed by atoms with Crippen molar-refractivity contribution in [1.82, 2.24) is 10.1 Å². The molecule has 1 aliphatic heterocycles. The van der Waals surface area contributed by atoms with Gasteiger partial charge in [0.15, 0.2) is 0 Å². The summed E-state index contributed by atoms with van der Waals surface area (Å²) < 4.78 is 10.7. The Balaban J connectivity index is 1.78. The van der Waals surface area contributed by atoms with Gasteiger partial charge in [-0.1, -0.05) is 18.2 Å². The second kappa shape index (κ2) is 5.38. The Morgan fingerprint density at radius 1 is 1.32 bits per heavy atom. The maximum absolute atomic E-state index is 9.12. The van der Waals surface area contributed by atoms with Gasteiger partial charge in [0, 0.05) is 18.7 Å². The minimum absolute atomic E-state index is 0.000105. The number of anilines is 1. The number of benzene rings is 1. The first kappa shape index (κ1) is 12.1. The van der Waals surface area contributed by atoms with Crippen LogP contribution < -0.4 is 4.90 Å². The normalized spacial score (nSPS) is 19.6. The van der Waals surface area contributed by atoms with Crippen molar-refractivity contribution in [1.29, 1.82) is 0 Å². The molecule has 0 amide bonds. The third kappa shape index (κ3) is 2.59. The summed E-state index contributed by atoms with van der Waals surface area (Å²) in [6, 6.07) is 9.64. The summed E-state index contributed by atoms with van der Waals surface area (Å²) in [6.45, 7) is 1.83. The van der Waals surface area contributed by atoms with Crippen LogP contribution >= 0.6 is 0 Å². The Bertz CT molecular complexity index is 529. The Morgan fingerprint density at radius 2 is 2.16 bits per heavy atom. The minimum atomic E-state index is -0.188. The van der Waals surface area contributed by atoms with Crippen molar-refractivity contribution in [2.75, 3.05) is 31.2 Å². The van der Waals surface area contributed by atoms with E-state index in [2.05, 4.69) is 10.1 Å². The summed E-state index contributed by atoms with van der Waals surface area (Å²) in [7, 11) is 0. The number of rotatable bonds is 3. The van der Waals surface area contributed by atoms with Gasteiger partial charge in [0.05, 0.1) is 19.3 Å². The Labute approximate surface area is 110 Å². The highest BCUT2D eigenvalue weighted by Crippen LogP contribution is 2.21. The average Bonchev–Trinajstić information content (AvgIpc) is 2.98. The van der Waals surface area contributed by atoms with Crippen LogP contribution in [0.25, 0.3) is 11.5 Å². The number of morpholine rings is 1. The maximum atomic E-state index is 9.12. The lowest BCUT2D eigenvalue weighted by Crippen LogP contribution is -2.44. The quantitative estimate of drug-likeness (QED) is 0.886. The molecule has 2 heterocycles. The second-order valence-corrected chi connectivity index (χ2v) is 4.39. The smallest absolute Gasteiger partial charge is 0.266 e. The van der Waals surface area contributed by atoms with E-state index in [-0.39, 0.29) is 12.7 Å². The first-order valence-electron chi connectivity index (χ1n) is 6.23. The van der Waals surface area contributed by atoms with Crippen LogP contribution in [0.1, 0.15) is 0 Å². The van der Waals surface area contributed by atoms with Crippen LogP contribution in [0.2, 0.25) is 0 Å². The average molecular weight is 261 g/mol. The lowest BCUT2D eigenvalue weighted by atomic mass is 10.2. The summed E-state index contributed by atoms with van der Waals surface area (Å²) in [5, 5.41) is 13.1. The predicted octanol–water partition coefficient (Wildman–Crippen LogP) is 0.934. The van der Waals surface area contributed by atoms with Crippen LogP contribution in [0, 0.1) is 0 Å². The van der Waals surface area contributed by atoms with Gasteiger partial charge in [0.2, 0.25) is 0 Å². The fourth-order valence-electron chi connectivity index (χ4n) is 2.05. The lowest BCUT2D eigenvalue weighted by Gasteiger charge is -2.30. The first-order chi connectivity index (χ1) is 9.36. The zero-order valence-electron chi connectivity index (χ0n) is 10.4. The van der Waals surface area contributed by atoms with E-state index in [4.69, 9.17) is 14.4 Å². The fraction of sp³-hybridized carbons (Fsp3) is 0.385. The number of ether oxygens (including phenoxy) is 1. The number of nitrogens with zero attached hydrogens (tertiary/aromatic N) is 3. The molecule has 1 unspecified atom stereocenters. The number of hydrogen-bond donors (Lipinski definition) is 1. The van der Waals surface area contributed by atoms with Crippen LogP contribution in [0.15, 0.2) is 34.9 Å². The third-order valence-electron chi connectivity index (χ3n) is 3.06.